The highest BCUT2D eigenvalue weighted by Crippen LogP contribution is 2.08. The van der Waals surface area contributed by atoms with Crippen LogP contribution in [0.25, 0.3) is 0 Å². The molecule has 0 bridgehead atoms. The zero-order chi connectivity index (χ0) is 26.3. The highest BCUT2D eigenvalue weighted by Gasteiger charge is 2.28. The zero-order valence-electron chi connectivity index (χ0n) is 20.4. The molecule has 0 saturated heterocycles. The van der Waals surface area contributed by atoms with Crippen LogP contribution in [0.2, 0.25) is 0 Å². The van der Waals surface area contributed by atoms with Crippen molar-refractivity contribution in [3.05, 3.63) is 0 Å². The molecular formula is C21H42N8O5. The van der Waals surface area contributed by atoms with Crippen LogP contribution in [-0.4, -0.2) is 72.0 Å². The Morgan fingerprint density at radius 2 is 1.47 bits per heavy atom. The molecular weight excluding hydrogens is 444 g/mol. The molecule has 0 rings (SSSR count). The summed E-state index contributed by atoms with van der Waals surface area (Å²) in [5.74, 6) is -2.88. The van der Waals surface area contributed by atoms with E-state index in [4.69, 9.17) is 22.9 Å². The topological polar surface area (TPSA) is 241 Å². The third-order valence-electron chi connectivity index (χ3n) is 4.96. The molecule has 34 heavy (non-hydrogen) atoms. The van der Waals surface area contributed by atoms with Crippen molar-refractivity contribution in [1.29, 1.82) is 0 Å². The fourth-order valence-electron chi connectivity index (χ4n) is 3.06. The summed E-state index contributed by atoms with van der Waals surface area (Å²) in [6, 6.07) is -3.87. The van der Waals surface area contributed by atoms with Crippen LogP contribution < -0.4 is 38.9 Å². The van der Waals surface area contributed by atoms with Gasteiger partial charge in [0.25, 0.3) is 0 Å². The second-order valence-corrected chi connectivity index (χ2v) is 8.66. The number of unbranched alkanes of at least 4 members (excludes halogenated alkanes) is 1. The molecule has 0 aromatic carbocycles. The van der Waals surface area contributed by atoms with E-state index >= 15 is 0 Å². The Bertz CT molecular complexity index is 697. The third kappa shape index (κ3) is 13.6. The SMILES string of the molecule is CC(C)C[C@H](NC(=O)[C@H](CCCCN)NC(=O)[C@H](C)NC(=O)[C@@H](N)CCCN=C(N)N)C(=O)O. The number of aliphatic carboxylic acids is 1. The van der Waals surface area contributed by atoms with Crippen LogP contribution in [0.3, 0.4) is 0 Å². The number of carboxylic acids is 1. The first kappa shape index (κ1) is 31.1. The molecule has 0 aliphatic carbocycles. The summed E-state index contributed by atoms with van der Waals surface area (Å²) >= 11 is 0. The largest absolute Gasteiger partial charge is 0.480 e. The van der Waals surface area contributed by atoms with Crippen LogP contribution in [0.15, 0.2) is 4.99 Å². The first-order valence-electron chi connectivity index (χ1n) is 11.5. The number of rotatable bonds is 17. The van der Waals surface area contributed by atoms with E-state index in [9.17, 15) is 24.3 Å². The molecule has 13 nitrogen and oxygen atoms in total. The number of carbonyl (C=O) groups excluding carboxylic acids is 3. The minimum absolute atomic E-state index is 0.0468. The summed E-state index contributed by atoms with van der Waals surface area (Å²) < 4.78 is 0. The normalized spacial score (nSPS) is 14.4. The van der Waals surface area contributed by atoms with Gasteiger partial charge in [0.2, 0.25) is 17.7 Å². The molecule has 0 aromatic heterocycles. The Hall–Kier alpha value is -2.93. The minimum Gasteiger partial charge on any atom is -0.480 e. The van der Waals surface area contributed by atoms with E-state index in [2.05, 4.69) is 20.9 Å². The molecule has 0 unspecified atom stereocenters. The van der Waals surface area contributed by atoms with Crippen molar-refractivity contribution in [3.63, 3.8) is 0 Å². The van der Waals surface area contributed by atoms with Crippen molar-refractivity contribution in [1.82, 2.24) is 16.0 Å². The van der Waals surface area contributed by atoms with Gasteiger partial charge in [-0.2, -0.15) is 0 Å². The molecule has 12 N–H and O–H groups in total. The Morgan fingerprint density at radius 3 is 2.00 bits per heavy atom. The molecule has 0 heterocycles. The van der Waals surface area contributed by atoms with Crippen molar-refractivity contribution in [2.75, 3.05) is 13.1 Å². The number of hydrogen-bond donors (Lipinski definition) is 8. The molecule has 0 aliphatic heterocycles. The van der Waals surface area contributed by atoms with Gasteiger partial charge in [-0.1, -0.05) is 13.8 Å². The fraction of sp³-hybridized carbons (Fsp3) is 0.762. The van der Waals surface area contributed by atoms with Gasteiger partial charge in [-0.15, -0.1) is 0 Å². The second-order valence-electron chi connectivity index (χ2n) is 8.66. The molecule has 0 fully saturated rings. The van der Waals surface area contributed by atoms with Crippen LogP contribution in [-0.2, 0) is 19.2 Å². The lowest BCUT2D eigenvalue weighted by atomic mass is 10.0. The number of carboxylic acid groups (broad SMARTS) is 1. The monoisotopic (exact) mass is 486 g/mol. The van der Waals surface area contributed by atoms with Crippen LogP contribution in [0, 0.1) is 5.92 Å². The summed E-state index contributed by atoms with van der Waals surface area (Å²) in [4.78, 5) is 53.0. The number of guanidine groups is 1. The van der Waals surface area contributed by atoms with Crippen molar-refractivity contribution in [3.8, 4) is 0 Å². The van der Waals surface area contributed by atoms with Gasteiger partial charge >= 0.3 is 5.97 Å². The lowest BCUT2D eigenvalue weighted by Crippen LogP contribution is -2.56. The average Bonchev–Trinajstić information content (AvgIpc) is 2.74. The molecule has 0 spiro atoms. The Balaban J connectivity index is 5.01. The molecule has 0 radical (unpaired) electrons. The maximum absolute atomic E-state index is 12.8. The summed E-state index contributed by atoms with van der Waals surface area (Å²) in [5, 5.41) is 17.0. The standard InChI is InChI=1S/C21H42N8O5/c1-12(2)11-16(20(33)34)29-19(32)15(8-4-5-9-22)28-17(30)13(3)27-18(31)14(23)7-6-10-26-21(24)25/h12-16H,4-11,22-23H2,1-3H3,(H,27,31)(H,28,30)(H,29,32)(H,33,34)(H4,24,25,26)/t13-,14-,15-,16-/m0/s1. The molecule has 196 valence electrons. The molecule has 0 aromatic rings. The number of aliphatic imine (C=N–C) groups is 1. The van der Waals surface area contributed by atoms with Crippen LogP contribution >= 0.6 is 0 Å². The van der Waals surface area contributed by atoms with E-state index in [1.165, 1.54) is 6.92 Å². The van der Waals surface area contributed by atoms with Crippen molar-refractivity contribution in [2.45, 2.75) is 83.5 Å². The fourth-order valence-corrected chi connectivity index (χ4v) is 3.06. The number of carbonyl (C=O) groups is 4. The van der Waals surface area contributed by atoms with Crippen LogP contribution in [0.1, 0.15) is 59.3 Å². The van der Waals surface area contributed by atoms with E-state index in [1.54, 1.807) is 0 Å². The number of nitrogens with one attached hydrogen (secondary N) is 3. The van der Waals surface area contributed by atoms with Crippen molar-refractivity contribution < 1.29 is 24.3 Å². The van der Waals surface area contributed by atoms with E-state index in [0.717, 1.165) is 0 Å². The highest BCUT2D eigenvalue weighted by molar-refractivity contribution is 5.93. The third-order valence-corrected chi connectivity index (χ3v) is 4.96. The number of hydrogen-bond acceptors (Lipinski definition) is 7. The van der Waals surface area contributed by atoms with E-state index in [0.29, 0.717) is 38.8 Å². The van der Waals surface area contributed by atoms with Gasteiger partial charge in [-0.05, 0) is 57.9 Å². The second kappa shape index (κ2) is 16.6. The Morgan fingerprint density at radius 1 is 0.853 bits per heavy atom. The van der Waals surface area contributed by atoms with Crippen molar-refractivity contribution >= 4 is 29.7 Å². The number of nitrogens with zero attached hydrogens (tertiary/aromatic N) is 1. The van der Waals surface area contributed by atoms with Gasteiger partial charge < -0.3 is 44.0 Å². The lowest BCUT2D eigenvalue weighted by molar-refractivity contribution is -0.142. The molecule has 4 atom stereocenters. The predicted octanol–water partition coefficient (Wildman–Crippen LogP) is -1.90. The van der Waals surface area contributed by atoms with Crippen LogP contribution in [0.4, 0.5) is 0 Å². The van der Waals surface area contributed by atoms with E-state index in [1.807, 2.05) is 13.8 Å². The molecule has 13 heteroatoms. The minimum atomic E-state index is -1.15. The molecule has 0 saturated carbocycles. The van der Waals surface area contributed by atoms with E-state index in [-0.39, 0.29) is 24.7 Å². The first-order chi connectivity index (χ1) is 15.9. The number of amides is 3. The first-order valence-corrected chi connectivity index (χ1v) is 11.5. The zero-order valence-corrected chi connectivity index (χ0v) is 20.4. The van der Waals surface area contributed by atoms with Crippen LogP contribution in [0.5, 0.6) is 0 Å². The average molecular weight is 487 g/mol. The molecule has 3 amide bonds. The van der Waals surface area contributed by atoms with Gasteiger partial charge in [-0.25, -0.2) is 4.79 Å². The summed E-state index contributed by atoms with van der Waals surface area (Å²) in [7, 11) is 0. The Labute approximate surface area is 200 Å². The van der Waals surface area contributed by atoms with Gasteiger partial charge in [0.05, 0.1) is 6.04 Å². The highest BCUT2D eigenvalue weighted by atomic mass is 16.4. The van der Waals surface area contributed by atoms with Gasteiger partial charge in [0, 0.05) is 6.54 Å². The quantitative estimate of drug-likeness (QED) is 0.0649. The number of nitrogens with two attached hydrogens (primary N) is 4. The molecule has 0 aliphatic rings. The summed E-state index contributed by atoms with van der Waals surface area (Å²) in [6.07, 6.45) is 2.50. The van der Waals surface area contributed by atoms with Gasteiger partial charge in [-0.3, -0.25) is 19.4 Å². The maximum atomic E-state index is 12.8. The Kier molecular flexibility index (Phi) is 15.2. The summed E-state index contributed by atoms with van der Waals surface area (Å²) in [6.45, 7) is 5.90. The van der Waals surface area contributed by atoms with E-state index < -0.39 is 47.9 Å². The van der Waals surface area contributed by atoms with Gasteiger partial charge in [0.15, 0.2) is 5.96 Å². The smallest absolute Gasteiger partial charge is 0.326 e. The lowest BCUT2D eigenvalue weighted by Gasteiger charge is -2.24. The predicted molar refractivity (Wildman–Crippen MR) is 129 cm³/mol. The van der Waals surface area contributed by atoms with Gasteiger partial charge in [0.1, 0.15) is 18.1 Å². The van der Waals surface area contributed by atoms with Crippen molar-refractivity contribution in [2.24, 2.45) is 33.8 Å². The maximum Gasteiger partial charge on any atom is 0.326 e. The summed E-state index contributed by atoms with van der Waals surface area (Å²) in [5.41, 5.74) is 21.8.